The Hall–Kier alpha value is -2.64. The predicted octanol–water partition coefficient (Wildman–Crippen LogP) is 5.02. The lowest BCUT2D eigenvalue weighted by Crippen LogP contribution is -2.34. The summed E-state index contributed by atoms with van der Waals surface area (Å²) in [7, 11) is 1.77. The van der Waals surface area contributed by atoms with E-state index in [9.17, 15) is 14.0 Å². The molecule has 176 valence electrons. The maximum Gasteiger partial charge on any atom is 0.254 e. The summed E-state index contributed by atoms with van der Waals surface area (Å²) in [5.41, 5.74) is 1.87. The molecule has 1 aromatic heterocycles. The molecule has 6 nitrogen and oxygen atoms in total. The fraction of sp³-hybridized carbons (Fsp3) is 0.375. The topological polar surface area (TPSA) is 76.0 Å². The zero-order valence-corrected chi connectivity index (χ0v) is 20.8. The second kappa shape index (κ2) is 9.69. The van der Waals surface area contributed by atoms with Crippen LogP contribution in [0.5, 0.6) is 0 Å². The third-order valence-electron chi connectivity index (χ3n) is 5.37. The van der Waals surface area contributed by atoms with Gasteiger partial charge in [0.15, 0.2) is 0 Å². The van der Waals surface area contributed by atoms with Gasteiger partial charge in [-0.15, -0.1) is 0 Å². The van der Waals surface area contributed by atoms with Crippen molar-refractivity contribution in [3.8, 4) is 0 Å². The number of hydrogen-bond acceptors (Lipinski definition) is 3. The van der Waals surface area contributed by atoms with E-state index < -0.39 is 17.1 Å². The quantitative estimate of drug-likeness (QED) is 0.506. The molecule has 2 aromatic carbocycles. The normalized spacial score (nSPS) is 11.6. The van der Waals surface area contributed by atoms with Gasteiger partial charge in [-0.3, -0.25) is 9.59 Å². The van der Waals surface area contributed by atoms with E-state index in [1.807, 2.05) is 20.8 Å². The lowest BCUT2D eigenvalue weighted by Gasteiger charge is -2.18. The Morgan fingerprint density at radius 3 is 2.48 bits per heavy atom. The summed E-state index contributed by atoms with van der Waals surface area (Å²) < 4.78 is 16.3. The van der Waals surface area contributed by atoms with Gasteiger partial charge in [-0.25, -0.2) is 9.37 Å². The lowest BCUT2D eigenvalue weighted by atomic mass is 9.95. The first-order valence-electron chi connectivity index (χ1n) is 10.6. The molecule has 0 bridgehead atoms. The minimum atomic E-state index is -0.615. The highest BCUT2D eigenvalue weighted by atomic mass is 35.5. The number of carbonyl (C=O) groups is 2. The van der Waals surface area contributed by atoms with Crippen LogP contribution in [0.4, 0.5) is 4.39 Å². The van der Waals surface area contributed by atoms with Crippen LogP contribution in [0.15, 0.2) is 24.3 Å². The van der Waals surface area contributed by atoms with Gasteiger partial charge in [0, 0.05) is 43.1 Å². The largest absolute Gasteiger partial charge is 0.352 e. The van der Waals surface area contributed by atoms with Crippen molar-refractivity contribution in [1.29, 1.82) is 0 Å². The van der Waals surface area contributed by atoms with Crippen LogP contribution < -0.4 is 10.6 Å². The van der Waals surface area contributed by atoms with E-state index in [-0.39, 0.29) is 18.0 Å². The van der Waals surface area contributed by atoms with Gasteiger partial charge < -0.3 is 15.2 Å². The summed E-state index contributed by atoms with van der Waals surface area (Å²) in [6.45, 7) is 7.94. The van der Waals surface area contributed by atoms with Crippen LogP contribution in [0.25, 0.3) is 11.0 Å². The summed E-state index contributed by atoms with van der Waals surface area (Å²) in [5, 5.41) is 6.40. The summed E-state index contributed by atoms with van der Waals surface area (Å²) in [6, 6.07) is 6.26. The molecule has 33 heavy (non-hydrogen) atoms. The standard InChI is InChI=1S/C24H27Cl2FN4O2/c1-6-28-22(32)15-9-18-19(11-17(15)27)31(5)20(30-18)10-14-16(25)8-7-13(21(14)26)12-29-23(33)24(2,3)4/h7-9,11H,6,10,12H2,1-5H3,(H,28,32)(H,29,33). The van der Waals surface area contributed by atoms with Crippen LogP contribution in [-0.4, -0.2) is 27.9 Å². The molecule has 2 amide bonds. The molecule has 0 spiro atoms. The van der Waals surface area contributed by atoms with Gasteiger partial charge in [-0.2, -0.15) is 0 Å². The number of nitrogens with zero attached hydrogens (tertiary/aromatic N) is 2. The minimum Gasteiger partial charge on any atom is -0.352 e. The SMILES string of the molecule is CCNC(=O)c1cc2nc(Cc3c(Cl)ccc(CNC(=O)C(C)(C)C)c3Cl)n(C)c2cc1F. The number of hydrogen-bond donors (Lipinski definition) is 2. The maximum atomic E-state index is 14.5. The number of aryl methyl sites for hydroxylation is 1. The Morgan fingerprint density at radius 1 is 1.15 bits per heavy atom. The Kier molecular flexibility index (Phi) is 7.34. The van der Waals surface area contributed by atoms with E-state index in [1.165, 1.54) is 12.1 Å². The predicted molar refractivity (Wildman–Crippen MR) is 129 cm³/mol. The highest BCUT2D eigenvalue weighted by Gasteiger charge is 2.22. The molecule has 1 heterocycles. The summed E-state index contributed by atoms with van der Waals surface area (Å²) >= 11 is 13.1. The molecule has 0 aliphatic carbocycles. The summed E-state index contributed by atoms with van der Waals surface area (Å²) in [6.07, 6.45) is 0.294. The summed E-state index contributed by atoms with van der Waals surface area (Å²) in [4.78, 5) is 29.0. The first-order valence-corrected chi connectivity index (χ1v) is 11.4. The fourth-order valence-corrected chi connectivity index (χ4v) is 3.97. The molecular formula is C24H27Cl2FN4O2. The average Bonchev–Trinajstić information content (AvgIpc) is 3.03. The molecule has 0 fully saturated rings. The Morgan fingerprint density at radius 2 is 1.85 bits per heavy atom. The number of amides is 2. The van der Waals surface area contributed by atoms with Crippen molar-refractivity contribution in [1.82, 2.24) is 20.2 Å². The molecule has 0 saturated carbocycles. The van der Waals surface area contributed by atoms with E-state index in [4.69, 9.17) is 23.2 Å². The second-order valence-electron chi connectivity index (χ2n) is 8.88. The van der Waals surface area contributed by atoms with Crippen LogP contribution in [0.2, 0.25) is 10.0 Å². The second-order valence-corrected chi connectivity index (χ2v) is 9.66. The highest BCUT2D eigenvalue weighted by Crippen LogP contribution is 2.31. The monoisotopic (exact) mass is 492 g/mol. The van der Waals surface area contributed by atoms with E-state index in [0.29, 0.717) is 45.4 Å². The van der Waals surface area contributed by atoms with Gasteiger partial charge in [-0.1, -0.05) is 50.0 Å². The van der Waals surface area contributed by atoms with Crippen molar-refractivity contribution in [2.24, 2.45) is 12.5 Å². The zero-order chi connectivity index (χ0) is 24.5. The minimum absolute atomic E-state index is 0.0540. The number of rotatable bonds is 6. The number of fused-ring (bicyclic) bond motifs is 1. The molecule has 0 atom stereocenters. The number of carbonyl (C=O) groups excluding carboxylic acids is 2. The van der Waals surface area contributed by atoms with Gasteiger partial charge in [0.1, 0.15) is 11.6 Å². The molecular weight excluding hydrogens is 466 g/mol. The molecule has 0 aliphatic rings. The van der Waals surface area contributed by atoms with Gasteiger partial charge in [0.2, 0.25) is 5.91 Å². The average molecular weight is 493 g/mol. The van der Waals surface area contributed by atoms with Gasteiger partial charge in [-0.05, 0) is 30.2 Å². The Balaban J connectivity index is 1.94. The summed E-state index contributed by atoms with van der Waals surface area (Å²) in [5.74, 6) is -0.580. The van der Waals surface area contributed by atoms with E-state index in [0.717, 1.165) is 5.56 Å². The maximum absolute atomic E-state index is 14.5. The number of aromatic nitrogens is 2. The molecule has 0 radical (unpaired) electrons. The van der Waals surface area contributed by atoms with Crippen LogP contribution in [0.3, 0.4) is 0 Å². The van der Waals surface area contributed by atoms with Crippen LogP contribution in [0, 0.1) is 11.2 Å². The van der Waals surface area contributed by atoms with Crippen molar-refractivity contribution < 1.29 is 14.0 Å². The Labute approximate surface area is 202 Å². The van der Waals surface area contributed by atoms with Crippen molar-refractivity contribution in [3.63, 3.8) is 0 Å². The number of imidazole rings is 1. The fourth-order valence-electron chi connectivity index (χ4n) is 3.39. The van der Waals surface area contributed by atoms with Crippen molar-refractivity contribution in [2.75, 3.05) is 6.54 Å². The van der Waals surface area contributed by atoms with E-state index in [1.54, 1.807) is 30.7 Å². The lowest BCUT2D eigenvalue weighted by molar-refractivity contribution is -0.128. The van der Waals surface area contributed by atoms with Crippen molar-refractivity contribution in [3.05, 3.63) is 62.6 Å². The molecule has 9 heteroatoms. The number of benzene rings is 2. The third kappa shape index (κ3) is 5.31. The molecule has 2 N–H and O–H groups in total. The number of halogens is 3. The molecule has 0 aliphatic heterocycles. The van der Waals surface area contributed by atoms with Gasteiger partial charge in [0.25, 0.3) is 5.91 Å². The van der Waals surface area contributed by atoms with E-state index in [2.05, 4.69) is 15.6 Å². The van der Waals surface area contributed by atoms with Crippen molar-refractivity contribution >= 4 is 46.0 Å². The third-order valence-corrected chi connectivity index (χ3v) is 6.19. The van der Waals surface area contributed by atoms with Gasteiger partial charge in [0.05, 0.1) is 21.6 Å². The van der Waals surface area contributed by atoms with E-state index >= 15 is 0 Å². The van der Waals surface area contributed by atoms with Gasteiger partial charge >= 0.3 is 0 Å². The van der Waals surface area contributed by atoms with Crippen molar-refractivity contribution in [2.45, 2.75) is 40.7 Å². The smallest absolute Gasteiger partial charge is 0.254 e. The van der Waals surface area contributed by atoms with Crippen LogP contribution >= 0.6 is 23.2 Å². The first kappa shape index (κ1) is 25.0. The number of nitrogens with one attached hydrogen (secondary N) is 2. The van der Waals surface area contributed by atoms with Crippen LogP contribution in [0.1, 0.15) is 55.0 Å². The molecule has 0 unspecified atom stereocenters. The van der Waals surface area contributed by atoms with Crippen LogP contribution in [-0.2, 0) is 24.8 Å². The molecule has 0 saturated heterocycles. The highest BCUT2D eigenvalue weighted by molar-refractivity contribution is 6.36. The first-order chi connectivity index (χ1) is 15.4. The molecule has 3 rings (SSSR count). The molecule has 3 aromatic rings. The Bertz CT molecular complexity index is 1230. The zero-order valence-electron chi connectivity index (χ0n) is 19.3.